The van der Waals surface area contributed by atoms with Gasteiger partial charge in [-0.1, -0.05) is 0 Å². The Hall–Kier alpha value is -2.44. The predicted octanol–water partition coefficient (Wildman–Crippen LogP) is 2.33. The van der Waals surface area contributed by atoms with Crippen molar-refractivity contribution in [3.05, 3.63) is 36.4 Å². The first-order chi connectivity index (χ1) is 12.3. The third kappa shape index (κ3) is 3.50. The van der Waals surface area contributed by atoms with E-state index in [9.17, 15) is 4.39 Å². The van der Waals surface area contributed by atoms with E-state index in [1.807, 2.05) is 17.2 Å². The predicted molar refractivity (Wildman–Crippen MR) is 96.7 cm³/mol. The highest BCUT2D eigenvalue weighted by Gasteiger charge is 2.22. The monoisotopic (exact) mass is 342 g/mol. The molecule has 132 valence electrons. The van der Waals surface area contributed by atoms with Crippen LogP contribution in [-0.2, 0) is 0 Å². The number of hydrogen-bond donors (Lipinski definition) is 0. The lowest BCUT2D eigenvalue weighted by atomic mass is 10.1. The number of piperidine rings is 1. The standard InChI is InChI=1S/C18H23FN6/c19-15-5-4-7-20-17(15)24-11-13-25(14-12-24)18-21-8-6-16(22-18)23-9-2-1-3-10-23/h4-8H,1-3,9-14H2. The topological polar surface area (TPSA) is 48.4 Å². The van der Waals surface area contributed by atoms with Crippen molar-refractivity contribution in [3.63, 3.8) is 0 Å². The molecular weight excluding hydrogens is 319 g/mol. The van der Waals surface area contributed by atoms with Gasteiger partial charge in [0.05, 0.1) is 0 Å². The highest BCUT2D eigenvalue weighted by atomic mass is 19.1. The molecule has 0 amide bonds. The van der Waals surface area contributed by atoms with Crippen LogP contribution in [0.1, 0.15) is 19.3 Å². The maximum Gasteiger partial charge on any atom is 0.227 e. The molecule has 4 rings (SSSR count). The molecule has 2 aromatic rings. The Morgan fingerprint density at radius 2 is 1.52 bits per heavy atom. The molecule has 2 aliphatic heterocycles. The van der Waals surface area contributed by atoms with Gasteiger partial charge < -0.3 is 14.7 Å². The molecule has 0 atom stereocenters. The summed E-state index contributed by atoms with van der Waals surface area (Å²) >= 11 is 0. The smallest absolute Gasteiger partial charge is 0.227 e. The first-order valence-corrected chi connectivity index (χ1v) is 9.00. The summed E-state index contributed by atoms with van der Waals surface area (Å²) in [6.45, 7) is 5.10. The van der Waals surface area contributed by atoms with Crippen LogP contribution in [-0.4, -0.2) is 54.2 Å². The second kappa shape index (κ2) is 7.21. The van der Waals surface area contributed by atoms with Gasteiger partial charge in [0.2, 0.25) is 5.95 Å². The van der Waals surface area contributed by atoms with Gasteiger partial charge in [-0.15, -0.1) is 0 Å². The number of pyridine rings is 1. The Balaban J connectivity index is 1.43. The minimum Gasteiger partial charge on any atom is -0.356 e. The van der Waals surface area contributed by atoms with Crippen LogP contribution in [0.5, 0.6) is 0 Å². The first-order valence-electron chi connectivity index (χ1n) is 9.00. The average Bonchev–Trinajstić information content (AvgIpc) is 2.69. The molecule has 2 aromatic heterocycles. The zero-order valence-corrected chi connectivity index (χ0v) is 14.3. The van der Waals surface area contributed by atoms with Gasteiger partial charge in [0.1, 0.15) is 5.82 Å². The van der Waals surface area contributed by atoms with Crippen molar-refractivity contribution in [2.45, 2.75) is 19.3 Å². The normalized spacial score (nSPS) is 18.5. The number of aromatic nitrogens is 3. The van der Waals surface area contributed by atoms with Crippen molar-refractivity contribution in [1.29, 1.82) is 0 Å². The summed E-state index contributed by atoms with van der Waals surface area (Å²) in [4.78, 5) is 19.9. The number of hydrogen-bond acceptors (Lipinski definition) is 6. The third-order valence-electron chi connectivity index (χ3n) is 4.91. The van der Waals surface area contributed by atoms with E-state index in [0.29, 0.717) is 18.9 Å². The number of rotatable bonds is 3. The summed E-state index contributed by atoms with van der Waals surface area (Å²) in [5.74, 6) is 1.96. The van der Waals surface area contributed by atoms with Crippen LogP contribution >= 0.6 is 0 Å². The van der Waals surface area contributed by atoms with Crippen molar-refractivity contribution in [1.82, 2.24) is 15.0 Å². The molecule has 2 fully saturated rings. The van der Waals surface area contributed by atoms with E-state index >= 15 is 0 Å². The zero-order valence-electron chi connectivity index (χ0n) is 14.3. The van der Waals surface area contributed by atoms with Crippen LogP contribution in [0.15, 0.2) is 30.6 Å². The van der Waals surface area contributed by atoms with E-state index in [1.165, 1.54) is 25.3 Å². The largest absolute Gasteiger partial charge is 0.356 e. The van der Waals surface area contributed by atoms with Crippen molar-refractivity contribution in [3.8, 4) is 0 Å². The van der Waals surface area contributed by atoms with Crippen LogP contribution < -0.4 is 14.7 Å². The molecule has 0 aliphatic carbocycles. The molecule has 0 aromatic carbocycles. The number of nitrogens with zero attached hydrogens (tertiary/aromatic N) is 6. The van der Waals surface area contributed by atoms with Crippen molar-refractivity contribution in [2.24, 2.45) is 0 Å². The maximum atomic E-state index is 13.9. The van der Waals surface area contributed by atoms with Crippen molar-refractivity contribution < 1.29 is 4.39 Å². The summed E-state index contributed by atoms with van der Waals surface area (Å²) < 4.78 is 13.9. The lowest BCUT2D eigenvalue weighted by Gasteiger charge is -2.36. The fourth-order valence-corrected chi connectivity index (χ4v) is 3.52. The quantitative estimate of drug-likeness (QED) is 0.853. The molecule has 25 heavy (non-hydrogen) atoms. The molecule has 0 spiro atoms. The Morgan fingerprint density at radius 3 is 2.28 bits per heavy atom. The highest BCUT2D eigenvalue weighted by molar-refractivity contribution is 5.46. The number of anilines is 3. The summed E-state index contributed by atoms with van der Waals surface area (Å²) in [5.41, 5.74) is 0. The van der Waals surface area contributed by atoms with Crippen LogP contribution in [0.3, 0.4) is 0 Å². The molecule has 0 unspecified atom stereocenters. The molecule has 7 heteroatoms. The Morgan fingerprint density at radius 1 is 0.760 bits per heavy atom. The first kappa shape index (κ1) is 16.1. The molecule has 0 bridgehead atoms. The lowest BCUT2D eigenvalue weighted by Crippen LogP contribution is -2.47. The molecule has 4 heterocycles. The molecular formula is C18H23FN6. The van der Waals surface area contributed by atoms with E-state index in [1.54, 1.807) is 12.3 Å². The van der Waals surface area contributed by atoms with Crippen LogP contribution in [0.4, 0.5) is 22.0 Å². The Labute approximate surface area is 147 Å². The summed E-state index contributed by atoms with van der Waals surface area (Å²) in [6, 6.07) is 5.07. The SMILES string of the molecule is Fc1cccnc1N1CCN(c2nccc(N3CCCCC3)n2)CC1. The van der Waals surface area contributed by atoms with Crippen LogP contribution in [0.2, 0.25) is 0 Å². The van der Waals surface area contributed by atoms with Crippen LogP contribution in [0, 0.1) is 5.82 Å². The molecule has 2 aliphatic rings. The van der Waals surface area contributed by atoms with E-state index in [0.717, 1.165) is 37.9 Å². The van der Waals surface area contributed by atoms with Crippen molar-refractivity contribution in [2.75, 3.05) is 54.0 Å². The molecule has 0 saturated carbocycles. The van der Waals surface area contributed by atoms with E-state index < -0.39 is 0 Å². The van der Waals surface area contributed by atoms with Gasteiger partial charge in [-0.2, -0.15) is 4.98 Å². The zero-order chi connectivity index (χ0) is 17.1. The fourth-order valence-electron chi connectivity index (χ4n) is 3.52. The van der Waals surface area contributed by atoms with Gasteiger partial charge in [-0.05, 0) is 37.5 Å². The second-order valence-corrected chi connectivity index (χ2v) is 6.55. The van der Waals surface area contributed by atoms with Gasteiger partial charge in [0.15, 0.2) is 11.6 Å². The molecule has 0 N–H and O–H groups in total. The molecule has 2 saturated heterocycles. The summed E-state index contributed by atoms with van der Waals surface area (Å²) in [5, 5.41) is 0. The van der Waals surface area contributed by atoms with Gasteiger partial charge in [-0.3, -0.25) is 0 Å². The van der Waals surface area contributed by atoms with Gasteiger partial charge in [-0.25, -0.2) is 14.4 Å². The van der Waals surface area contributed by atoms with Gasteiger partial charge in [0, 0.05) is 51.7 Å². The Kier molecular flexibility index (Phi) is 4.63. The minimum atomic E-state index is -0.265. The molecule has 6 nitrogen and oxygen atoms in total. The second-order valence-electron chi connectivity index (χ2n) is 6.55. The van der Waals surface area contributed by atoms with Crippen LogP contribution in [0.25, 0.3) is 0 Å². The van der Waals surface area contributed by atoms with E-state index in [-0.39, 0.29) is 5.82 Å². The highest BCUT2D eigenvalue weighted by Crippen LogP contribution is 2.22. The van der Waals surface area contributed by atoms with Gasteiger partial charge >= 0.3 is 0 Å². The van der Waals surface area contributed by atoms with Crippen molar-refractivity contribution >= 4 is 17.6 Å². The molecule has 0 radical (unpaired) electrons. The Bertz CT molecular complexity index is 710. The number of halogens is 1. The summed E-state index contributed by atoms with van der Waals surface area (Å²) in [6.07, 6.45) is 7.24. The van der Waals surface area contributed by atoms with E-state index in [4.69, 9.17) is 4.98 Å². The van der Waals surface area contributed by atoms with Gasteiger partial charge in [0.25, 0.3) is 0 Å². The minimum absolute atomic E-state index is 0.265. The number of piperazine rings is 1. The third-order valence-corrected chi connectivity index (χ3v) is 4.91. The maximum absolute atomic E-state index is 13.9. The fraction of sp³-hybridized carbons (Fsp3) is 0.500. The summed E-state index contributed by atoms with van der Waals surface area (Å²) in [7, 11) is 0. The lowest BCUT2D eigenvalue weighted by molar-refractivity contribution is 0.570. The average molecular weight is 342 g/mol. The van der Waals surface area contributed by atoms with E-state index in [2.05, 4.69) is 19.8 Å².